The summed E-state index contributed by atoms with van der Waals surface area (Å²) in [5.41, 5.74) is 1.75. The van der Waals surface area contributed by atoms with Gasteiger partial charge in [0, 0.05) is 23.9 Å². The highest BCUT2D eigenvalue weighted by Crippen LogP contribution is 2.17. The van der Waals surface area contributed by atoms with Gasteiger partial charge in [-0.3, -0.25) is 4.79 Å². The van der Waals surface area contributed by atoms with Crippen LogP contribution in [0.15, 0.2) is 24.3 Å². The number of nitrogens with one attached hydrogen (secondary N) is 2. The Morgan fingerprint density at radius 2 is 1.95 bits per heavy atom. The third kappa shape index (κ3) is 5.30. The molecular weight excluding hydrogens is 240 g/mol. The molecular formula is C15H24N2O2. The Labute approximate surface area is 115 Å². The summed E-state index contributed by atoms with van der Waals surface area (Å²) in [4.78, 5) is 12.0. The average Bonchev–Trinajstić information content (AvgIpc) is 2.29. The van der Waals surface area contributed by atoms with E-state index in [9.17, 15) is 4.79 Å². The van der Waals surface area contributed by atoms with Crippen LogP contribution in [0.4, 0.5) is 5.69 Å². The molecule has 19 heavy (non-hydrogen) atoms. The normalized spacial score (nSPS) is 12.9. The minimum Gasteiger partial charge on any atom is -0.380 e. The van der Waals surface area contributed by atoms with E-state index in [0.717, 1.165) is 11.3 Å². The van der Waals surface area contributed by atoms with E-state index in [0.29, 0.717) is 6.61 Å². The monoisotopic (exact) mass is 264 g/mol. The number of hydrogen-bond donors (Lipinski definition) is 2. The number of rotatable bonds is 5. The van der Waals surface area contributed by atoms with Crippen molar-refractivity contribution in [3.63, 3.8) is 0 Å². The van der Waals surface area contributed by atoms with E-state index in [-0.39, 0.29) is 17.5 Å². The molecule has 0 spiro atoms. The molecule has 1 aromatic rings. The van der Waals surface area contributed by atoms with Crippen LogP contribution in [-0.4, -0.2) is 24.6 Å². The van der Waals surface area contributed by atoms with Crippen LogP contribution in [0.3, 0.4) is 0 Å². The lowest BCUT2D eigenvalue weighted by Gasteiger charge is -2.24. The highest BCUT2D eigenvalue weighted by Gasteiger charge is 2.19. The molecule has 1 aromatic carbocycles. The van der Waals surface area contributed by atoms with Gasteiger partial charge in [-0.1, -0.05) is 18.2 Å². The minimum absolute atomic E-state index is 0.0141. The first-order valence-corrected chi connectivity index (χ1v) is 6.49. The van der Waals surface area contributed by atoms with Crippen molar-refractivity contribution < 1.29 is 9.53 Å². The lowest BCUT2D eigenvalue weighted by molar-refractivity contribution is -0.122. The van der Waals surface area contributed by atoms with Gasteiger partial charge in [-0.2, -0.15) is 0 Å². The minimum atomic E-state index is -0.294. The van der Waals surface area contributed by atoms with Crippen LogP contribution in [0.2, 0.25) is 0 Å². The number of ether oxygens (including phenoxy) is 1. The van der Waals surface area contributed by atoms with Crippen LogP contribution >= 0.6 is 0 Å². The van der Waals surface area contributed by atoms with Crippen molar-refractivity contribution in [3.8, 4) is 0 Å². The fourth-order valence-corrected chi connectivity index (χ4v) is 1.72. The zero-order valence-electron chi connectivity index (χ0n) is 12.4. The maximum Gasteiger partial charge on any atom is 0.242 e. The lowest BCUT2D eigenvalue weighted by Crippen LogP contribution is -2.47. The van der Waals surface area contributed by atoms with Gasteiger partial charge in [-0.05, 0) is 33.8 Å². The molecule has 106 valence electrons. The highest BCUT2D eigenvalue weighted by atomic mass is 16.5. The maximum atomic E-state index is 12.0. The third-order valence-electron chi connectivity index (χ3n) is 2.58. The molecule has 1 amide bonds. The molecule has 1 unspecified atom stereocenters. The van der Waals surface area contributed by atoms with Gasteiger partial charge in [0.25, 0.3) is 0 Å². The Morgan fingerprint density at radius 1 is 1.32 bits per heavy atom. The molecule has 0 fully saturated rings. The number of anilines is 1. The summed E-state index contributed by atoms with van der Waals surface area (Å²) in [5, 5.41) is 6.18. The van der Waals surface area contributed by atoms with Gasteiger partial charge < -0.3 is 15.4 Å². The molecule has 1 atom stereocenters. The van der Waals surface area contributed by atoms with Crippen molar-refractivity contribution >= 4 is 11.6 Å². The molecule has 0 saturated heterocycles. The van der Waals surface area contributed by atoms with Gasteiger partial charge in [0.2, 0.25) is 5.91 Å². The largest absolute Gasteiger partial charge is 0.380 e. The van der Waals surface area contributed by atoms with E-state index in [1.807, 2.05) is 52.0 Å². The molecule has 1 rings (SSSR count). The zero-order valence-corrected chi connectivity index (χ0v) is 12.4. The van der Waals surface area contributed by atoms with Gasteiger partial charge >= 0.3 is 0 Å². The van der Waals surface area contributed by atoms with E-state index < -0.39 is 0 Å². The quantitative estimate of drug-likeness (QED) is 0.859. The van der Waals surface area contributed by atoms with Crippen LogP contribution in [0.25, 0.3) is 0 Å². The molecule has 0 aliphatic rings. The molecule has 0 saturated carbocycles. The van der Waals surface area contributed by atoms with Crippen LogP contribution in [0, 0.1) is 0 Å². The van der Waals surface area contributed by atoms with Gasteiger partial charge in [-0.25, -0.2) is 0 Å². The Bertz CT molecular complexity index is 424. The Balaban J connectivity index is 2.71. The first-order chi connectivity index (χ1) is 8.83. The molecule has 0 bridgehead atoms. The smallest absolute Gasteiger partial charge is 0.242 e. The number of para-hydroxylation sites is 1. The second-order valence-electron chi connectivity index (χ2n) is 5.70. The number of methoxy groups -OCH3 is 1. The van der Waals surface area contributed by atoms with E-state index in [2.05, 4.69) is 10.6 Å². The first kappa shape index (κ1) is 15.5. The molecule has 0 aromatic heterocycles. The molecule has 0 aliphatic carbocycles. The van der Waals surface area contributed by atoms with Crippen LogP contribution in [0.5, 0.6) is 0 Å². The van der Waals surface area contributed by atoms with Crippen molar-refractivity contribution in [2.45, 2.75) is 45.9 Å². The fourth-order valence-electron chi connectivity index (χ4n) is 1.72. The maximum absolute atomic E-state index is 12.0. The predicted octanol–water partition coefficient (Wildman–Crippen LogP) is 2.55. The molecule has 4 heteroatoms. The molecule has 0 radical (unpaired) electrons. The van der Waals surface area contributed by atoms with E-state index in [1.54, 1.807) is 7.11 Å². The SMILES string of the molecule is COCc1ccccc1NC(C)C(=O)NC(C)(C)C. The summed E-state index contributed by atoms with van der Waals surface area (Å²) in [6.45, 7) is 8.28. The highest BCUT2D eigenvalue weighted by molar-refractivity contribution is 5.84. The number of carbonyl (C=O) groups is 1. The summed E-state index contributed by atoms with van der Waals surface area (Å²) in [6, 6.07) is 7.54. The van der Waals surface area contributed by atoms with Crippen molar-refractivity contribution in [3.05, 3.63) is 29.8 Å². The average molecular weight is 264 g/mol. The van der Waals surface area contributed by atoms with E-state index >= 15 is 0 Å². The fraction of sp³-hybridized carbons (Fsp3) is 0.533. The van der Waals surface area contributed by atoms with Gasteiger partial charge in [-0.15, -0.1) is 0 Å². The number of carbonyl (C=O) groups excluding carboxylic acids is 1. The lowest BCUT2D eigenvalue weighted by atomic mass is 10.1. The van der Waals surface area contributed by atoms with Crippen LogP contribution in [0.1, 0.15) is 33.3 Å². The van der Waals surface area contributed by atoms with Gasteiger partial charge in [0.1, 0.15) is 6.04 Å². The van der Waals surface area contributed by atoms with Crippen molar-refractivity contribution in [1.29, 1.82) is 0 Å². The third-order valence-corrected chi connectivity index (χ3v) is 2.58. The molecule has 2 N–H and O–H groups in total. The number of amides is 1. The number of hydrogen-bond acceptors (Lipinski definition) is 3. The van der Waals surface area contributed by atoms with Crippen LogP contribution < -0.4 is 10.6 Å². The second kappa shape index (κ2) is 6.57. The summed E-state index contributed by atoms with van der Waals surface area (Å²) in [5.74, 6) is -0.0141. The standard InChI is InChI=1S/C15H24N2O2/c1-11(14(18)17-15(2,3)4)16-13-9-7-6-8-12(13)10-19-5/h6-9,11,16H,10H2,1-5H3,(H,17,18). The summed E-state index contributed by atoms with van der Waals surface area (Å²) in [7, 11) is 1.66. The predicted molar refractivity (Wildman–Crippen MR) is 78.1 cm³/mol. The van der Waals surface area contributed by atoms with Crippen molar-refractivity contribution in [1.82, 2.24) is 5.32 Å². The number of benzene rings is 1. The van der Waals surface area contributed by atoms with Crippen LogP contribution in [-0.2, 0) is 16.1 Å². The summed E-state index contributed by atoms with van der Waals surface area (Å²) < 4.78 is 5.15. The molecule has 4 nitrogen and oxygen atoms in total. The van der Waals surface area contributed by atoms with Gasteiger partial charge in [0.15, 0.2) is 0 Å². The Kier molecular flexibility index (Phi) is 5.36. The van der Waals surface area contributed by atoms with E-state index in [1.165, 1.54) is 0 Å². The molecule has 0 heterocycles. The van der Waals surface area contributed by atoms with E-state index in [4.69, 9.17) is 4.74 Å². The second-order valence-corrected chi connectivity index (χ2v) is 5.70. The Hall–Kier alpha value is -1.55. The zero-order chi connectivity index (χ0) is 14.5. The topological polar surface area (TPSA) is 50.4 Å². The Morgan fingerprint density at radius 3 is 2.53 bits per heavy atom. The first-order valence-electron chi connectivity index (χ1n) is 6.49. The van der Waals surface area contributed by atoms with Gasteiger partial charge in [0.05, 0.1) is 6.61 Å². The summed E-state index contributed by atoms with van der Waals surface area (Å²) in [6.07, 6.45) is 0. The summed E-state index contributed by atoms with van der Waals surface area (Å²) >= 11 is 0. The molecule has 0 aliphatic heterocycles. The van der Waals surface area contributed by atoms with Crippen molar-refractivity contribution in [2.24, 2.45) is 0 Å². The van der Waals surface area contributed by atoms with Crippen molar-refractivity contribution in [2.75, 3.05) is 12.4 Å².